The summed E-state index contributed by atoms with van der Waals surface area (Å²) in [5.41, 5.74) is 13.9. The Morgan fingerprint density at radius 3 is 0.813 bits per heavy atom. The first-order valence-corrected chi connectivity index (χ1v) is 29.0. The normalized spacial score (nSPS) is 17.9. The van der Waals surface area contributed by atoms with E-state index in [0.29, 0.717) is 35.2 Å². The molecule has 6 aromatic rings. The summed E-state index contributed by atoms with van der Waals surface area (Å²) in [7, 11) is 15.0. The summed E-state index contributed by atoms with van der Waals surface area (Å²) in [6, 6.07) is 42.2. The van der Waals surface area contributed by atoms with Gasteiger partial charge in [-0.05, 0) is 274 Å². The topological polar surface area (TPSA) is 43.4 Å². The fourth-order valence-corrected chi connectivity index (χ4v) is 20.2. The van der Waals surface area contributed by atoms with Crippen LogP contribution < -0.4 is 40.2 Å². The maximum Gasteiger partial charge on any atom is 2.00 e. The molecule has 0 spiro atoms. The van der Waals surface area contributed by atoms with Crippen molar-refractivity contribution in [2.75, 3.05) is 56.6 Å². The van der Waals surface area contributed by atoms with Gasteiger partial charge in [-0.2, -0.15) is 0 Å². The van der Waals surface area contributed by atoms with Gasteiger partial charge in [-0.3, -0.25) is 0 Å². The number of benzene rings is 6. The molecule has 6 atom stereocenters. The van der Waals surface area contributed by atoms with Crippen molar-refractivity contribution in [1.82, 2.24) is 9.80 Å². The summed E-state index contributed by atoms with van der Waals surface area (Å²) in [5, 5.41) is 5.86. The van der Waals surface area contributed by atoms with Gasteiger partial charge in [-0.15, -0.1) is 0 Å². The van der Waals surface area contributed by atoms with Gasteiger partial charge in [0.25, 0.3) is 0 Å². The Bertz CT molecular complexity index is 2370. The predicted octanol–water partition coefficient (Wildman–Crippen LogP) is 14.6. The SMILES string of the molecule is COc1c(C)cc(P(c2cc(C)c(OC)c(C)c2)C2CCCC2[C@H](c2ccccc2)N(C)C)cc1C.COc1c(C)cc(P(c2cc(C)c(OC)c(C)c2)C2CCCC2[C@H](c2ccccc2)N(C)C)cc1C.[CH3-].[CH3-].[Fe+2]. The molecule has 2 aliphatic rings. The molecule has 406 valence electrons. The molecule has 0 bridgehead atoms. The Labute approximate surface area is 468 Å². The second-order valence-electron chi connectivity index (χ2n) is 21.2. The molecular weight excluding hydrogens is 1000 g/mol. The van der Waals surface area contributed by atoms with Gasteiger partial charge in [0.2, 0.25) is 0 Å². The van der Waals surface area contributed by atoms with Crippen molar-refractivity contribution in [3.05, 3.63) is 180 Å². The minimum atomic E-state index is -0.576. The van der Waals surface area contributed by atoms with E-state index in [9.17, 15) is 0 Å². The third-order valence-corrected chi connectivity index (χ3v) is 21.5. The van der Waals surface area contributed by atoms with E-state index in [1.54, 1.807) is 28.4 Å². The monoisotopic (exact) mass is 1090 g/mol. The molecule has 9 heteroatoms. The molecule has 6 aromatic carbocycles. The van der Waals surface area contributed by atoms with Gasteiger partial charge in [0.1, 0.15) is 23.0 Å². The fourth-order valence-electron chi connectivity index (χ4n) is 13.1. The van der Waals surface area contributed by atoms with Crippen LogP contribution in [0.15, 0.2) is 109 Å². The van der Waals surface area contributed by atoms with Crippen molar-refractivity contribution >= 4 is 37.1 Å². The summed E-state index contributed by atoms with van der Waals surface area (Å²) >= 11 is 0. The summed E-state index contributed by atoms with van der Waals surface area (Å²) in [6.45, 7) is 17.5. The first-order valence-electron chi connectivity index (χ1n) is 26.1. The van der Waals surface area contributed by atoms with Crippen molar-refractivity contribution in [1.29, 1.82) is 0 Å². The smallest absolute Gasteiger partial charge is 0.496 e. The van der Waals surface area contributed by atoms with E-state index in [2.05, 4.69) is 203 Å². The van der Waals surface area contributed by atoms with E-state index in [1.807, 2.05) is 0 Å². The molecule has 0 aromatic heterocycles. The molecule has 6 nitrogen and oxygen atoms in total. The van der Waals surface area contributed by atoms with E-state index >= 15 is 0 Å². The Balaban J connectivity index is 0.000000312. The maximum atomic E-state index is 5.74. The largest absolute Gasteiger partial charge is 2.00 e. The zero-order chi connectivity index (χ0) is 52.0. The predicted molar refractivity (Wildman–Crippen MR) is 323 cm³/mol. The standard InChI is InChI=1S/2C32H42NO2P.2CH3.Fe/c2*1-21-17-26(18-22(2)31(21)34-7)36(27-19-23(3)32(35-8)24(4)20-27)29-16-12-15-28(29)30(33(5)6)25-13-10-9-11-14-25;;;/h2*9-11,13-14,17-20,28-30H,12,15-16H2,1-8H3;2*1H3;/q;;2*-1;+2/t2*28?,29?,30-;;;/m00.../s1. The Morgan fingerprint density at radius 2 is 0.613 bits per heavy atom. The van der Waals surface area contributed by atoms with Gasteiger partial charge < -0.3 is 43.6 Å². The molecule has 2 fully saturated rings. The van der Waals surface area contributed by atoms with Crippen LogP contribution in [0.3, 0.4) is 0 Å². The molecule has 0 N–H and O–H groups in total. The maximum absolute atomic E-state index is 5.74. The van der Waals surface area contributed by atoms with Crippen molar-refractivity contribution in [2.24, 2.45) is 11.8 Å². The number of hydrogen-bond acceptors (Lipinski definition) is 6. The van der Waals surface area contributed by atoms with Crippen molar-refractivity contribution in [3.8, 4) is 23.0 Å². The number of ether oxygens (including phenoxy) is 4. The van der Waals surface area contributed by atoms with Gasteiger partial charge in [0.15, 0.2) is 0 Å². The van der Waals surface area contributed by atoms with Crippen LogP contribution in [0.4, 0.5) is 0 Å². The van der Waals surface area contributed by atoms with Crippen LogP contribution in [0.2, 0.25) is 0 Å². The number of methoxy groups -OCH3 is 4. The van der Waals surface area contributed by atoms with E-state index in [0.717, 1.165) is 23.0 Å². The zero-order valence-electron chi connectivity index (χ0n) is 48.9. The van der Waals surface area contributed by atoms with Gasteiger partial charge in [0, 0.05) is 12.1 Å². The molecule has 0 radical (unpaired) electrons. The van der Waals surface area contributed by atoms with Crippen LogP contribution in [0, 0.1) is 82.1 Å². The van der Waals surface area contributed by atoms with Crippen LogP contribution in [0.5, 0.6) is 23.0 Å². The van der Waals surface area contributed by atoms with E-state index < -0.39 is 15.8 Å². The summed E-state index contributed by atoms with van der Waals surface area (Å²) in [5.74, 6) is 5.23. The second-order valence-corrected chi connectivity index (χ2v) is 26.0. The van der Waals surface area contributed by atoms with E-state index in [1.165, 1.54) is 115 Å². The van der Waals surface area contributed by atoms with Gasteiger partial charge >= 0.3 is 17.1 Å². The third-order valence-electron chi connectivity index (χ3n) is 15.6. The van der Waals surface area contributed by atoms with Crippen LogP contribution in [0.1, 0.15) is 106 Å². The molecule has 0 saturated heterocycles. The molecule has 2 aliphatic carbocycles. The first-order chi connectivity index (χ1) is 34.5. The van der Waals surface area contributed by atoms with Crippen LogP contribution in [0.25, 0.3) is 0 Å². The second kappa shape index (κ2) is 28.4. The minimum Gasteiger partial charge on any atom is -0.496 e. The van der Waals surface area contributed by atoms with Gasteiger partial charge in [-0.1, -0.05) is 73.5 Å². The Kier molecular flexibility index (Phi) is 24.0. The Morgan fingerprint density at radius 1 is 0.387 bits per heavy atom. The molecule has 0 heterocycles. The van der Waals surface area contributed by atoms with Gasteiger partial charge in [-0.25, -0.2) is 0 Å². The van der Waals surface area contributed by atoms with Crippen molar-refractivity contribution < 1.29 is 36.0 Å². The van der Waals surface area contributed by atoms with Crippen LogP contribution in [-0.4, -0.2) is 77.7 Å². The average molecular weight is 1090 g/mol. The summed E-state index contributed by atoms with van der Waals surface area (Å²) in [4.78, 5) is 4.89. The average Bonchev–Trinajstić information content (AvgIpc) is 4.00. The molecule has 0 aliphatic heterocycles. The summed E-state index contributed by atoms with van der Waals surface area (Å²) in [6.07, 6.45) is 7.64. The molecular formula is C66H90FeN2O4P2. The molecule has 4 unspecified atom stereocenters. The molecule has 75 heavy (non-hydrogen) atoms. The fraction of sp³-hybridized carbons (Fsp3) is 0.424. The van der Waals surface area contributed by atoms with E-state index in [-0.39, 0.29) is 31.9 Å². The van der Waals surface area contributed by atoms with Crippen molar-refractivity contribution in [3.63, 3.8) is 0 Å². The van der Waals surface area contributed by atoms with Crippen LogP contribution in [-0.2, 0) is 17.1 Å². The number of rotatable bonds is 16. The number of nitrogens with zero attached hydrogens (tertiary/aromatic N) is 2. The molecule has 2 saturated carbocycles. The van der Waals surface area contributed by atoms with Crippen LogP contribution >= 0.6 is 15.8 Å². The third kappa shape index (κ3) is 13.9. The Hall–Kier alpha value is -4.18. The summed E-state index contributed by atoms with van der Waals surface area (Å²) < 4.78 is 23.0. The minimum absolute atomic E-state index is 0. The molecule has 8 rings (SSSR count). The van der Waals surface area contributed by atoms with Gasteiger partial charge in [0.05, 0.1) is 28.4 Å². The zero-order valence-corrected chi connectivity index (χ0v) is 51.8. The first kappa shape index (κ1) is 63.4. The quantitative estimate of drug-likeness (QED) is 0.0547. The van der Waals surface area contributed by atoms with E-state index in [4.69, 9.17) is 18.9 Å². The number of hydrogen-bond donors (Lipinski definition) is 0. The molecule has 0 amide bonds. The van der Waals surface area contributed by atoms with Crippen molar-refractivity contribution in [2.45, 2.75) is 117 Å². The number of aryl methyl sites for hydroxylation is 8.